The van der Waals surface area contributed by atoms with Gasteiger partial charge < -0.3 is 15.1 Å². The van der Waals surface area contributed by atoms with E-state index in [0.717, 1.165) is 56.5 Å². The number of carboxylic acid groups (broad SMARTS) is 1. The summed E-state index contributed by atoms with van der Waals surface area (Å²) in [5.41, 5.74) is 8.76. The van der Waals surface area contributed by atoms with Crippen molar-refractivity contribution in [1.29, 1.82) is 0 Å². The molecule has 170 valence electrons. The van der Waals surface area contributed by atoms with E-state index in [1.54, 1.807) is 6.08 Å². The fourth-order valence-electron chi connectivity index (χ4n) is 3.68. The van der Waals surface area contributed by atoms with E-state index in [2.05, 4.69) is 44.2 Å². The molecular weight excluding hydrogens is 436 g/mol. The highest BCUT2D eigenvalue weighted by Gasteiger charge is 2.01. The zero-order chi connectivity index (χ0) is 24.0. The molecule has 5 heterocycles. The van der Waals surface area contributed by atoms with Gasteiger partial charge >= 0.3 is 5.97 Å². The number of hydrogen-bond donors (Lipinski definition) is 3. The van der Waals surface area contributed by atoms with E-state index in [-0.39, 0.29) is 0 Å². The van der Waals surface area contributed by atoms with Crippen LogP contribution in [0.3, 0.4) is 0 Å². The summed E-state index contributed by atoms with van der Waals surface area (Å²) in [6.07, 6.45) is 10.8. The number of aromatic amines is 2. The highest BCUT2D eigenvalue weighted by Crippen LogP contribution is 2.17. The minimum absolute atomic E-state index is 0.898. The number of nitrogens with one attached hydrogen (secondary N) is 2. The van der Waals surface area contributed by atoms with Gasteiger partial charge in [-0.25, -0.2) is 14.8 Å². The van der Waals surface area contributed by atoms with E-state index in [1.807, 2.05) is 78.9 Å². The van der Waals surface area contributed by atoms with Crippen LogP contribution in [-0.2, 0) is 4.79 Å². The van der Waals surface area contributed by atoms with Crippen molar-refractivity contribution in [2.24, 2.45) is 0 Å². The van der Waals surface area contributed by atoms with Crippen LogP contribution >= 0.6 is 0 Å². The van der Waals surface area contributed by atoms with Gasteiger partial charge in [0.05, 0.1) is 22.8 Å². The van der Waals surface area contributed by atoms with Crippen LogP contribution in [0.15, 0.2) is 84.9 Å². The summed E-state index contributed by atoms with van der Waals surface area (Å²) in [6.45, 7) is 0. The van der Waals surface area contributed by atoms with Crippen molar-refractivity contribution >= 4 is 58.4 Å². The molecule has 6 rings (SSSR count). The van der Waals surface area contributed by atoms with Crippen molar-refractivity contribution in [1.82, 2.24) is 19.9 Å². The molecule has 3 N–H and O–H groups in total. The second kappa shape index (κ2) is 9.89. The summed E-state index contributed by atoms with van der Waals surface area (Å²) >= 11 is 0. The molecule has 6 heteroatoms. The smallest absolute Gasteiger partial charge is 0.328 e. The second-order valence-corrected chi connectivity index (χ2v) is 7.99. The molecule has 0 saturated heterocycles. The van der Waals surface area contributed by atoms with Crippen molar-refractivity contribution in [3.63, 3.8) is 0 Å². The minimum atomic E-state index is -0.922. The predicted octanol–water partition coefficient (Wildman–Crippen LogP) is 6.44. The summed E-state index contributed by atoms with van der Waals surface area (Å²) in [5.74, 6) is -0.922. The van der Waals surface area contributed by atoms with Gasteiger partial charge in [0.1, 0.15) is 0 Å². The molecule has 3 aromatic heterocycles. The molecule has 0 radical (unpaired) electrons. The number of nitrogens with zero attached hydrogens (tertiary/aromatic N) is 2. The Kier molecular flexibility index (Phi) is 6.17. The SMILES string of the molecule is C1=Cc2cc3ccc(cc4nc(cc5ccc(cc1n2)[nH]5)C=C4)[nH]3.O=C(O)C=Cc1ccccc1. The maximum atomic E-state index is 10.1. The quantitative estimate of drug-likeness (QED) is 0.260. The Hall–Kier alpha value is -4.97. The molecule has 2 aliphatic heterocycles. The number of carboxylic acids is 1. The van der Waals surface area contributed by atoms with Gasteiger partial charge in [0.15, 0.2) is 0 Å². The molecule has 0 saturated carbocycles. The third-order valence-corrected chi connectivity index (χ3v) is 5.26. The van der Waals surface area contributed by atoms with E-state index >= 15 is 0 Å². The molecule has 6 nitrogen and oxygen atoms in total. The van der Waals surface area contributed by atoms with Crippen LogP contribution in [0.4, 0.5) is 0 Å². The third-order valence-electron chi connectivity index (χ3n) is 5.26. The van der Waals surface area contributed by atoms with E-state index in [4.69, 9.17) is 5.11 Å². The molecule has 0 fully saturated rings. The summed E-state index contributed by atoms with van der Waals surface area (Å²) in [4.78, 5) is 26.1. The fraction of sp³-hybridized carbons (Fsp3) is 0. The number of aliphatic carboxylic acids is 1. The molecule has 0 atom stereocenters. The molecule has 1 aromatic carbocycles. The lowest BCUT2D eigenvalue weighted by Gasteiger charge is -1.87. The molecule has 0 spiro atoms. The first-order chi connectivity index (χ1) is 17.1. The Bertz CT molecular complexity index is 1450. The Morgan fingerprint density at radius 3 is 1.40 bits per heavy atom. The summed E-state index contributed by atoms with van der Waals surface area (Å²) in [7, 11) is 0. The van der Waals surface area contributed by atoms with Gasteiger partial charge in [-0.15, -0.1) is 0 Å². The molecule has 0 amide bonds. The van der Waals surface area contributed by atoms with Crippen molar-refractivity contribution in [3.8, 4) is 0 Å². The summed E-state index contributed by atoms with van der Waals surface area (Å²) in [6, 6.07) is 25.7. The number of rotatable bonds is 2. The Labute approximate surface area is 201 Å². The first-order valence-electron chi connectivity index (χ1n) is 11.1. The van der Waals surface area contributed by atoms with Crippen LogP contribution in [0, 0.1) is 0 Å². The van der Waals surface area contributed by atoms with Crippen molar-refractivity contribution in [2.45, 2.75) is 0 Å². The standard InChI is InChI=1S/C20H14N4.C9H8O2/c1-2-14-10-16-5-6-18(23-16)12-20-8-7-19(24-20)11-17-4-3-15(22-17)9-13(1)21-14;10-9(11)7-6-8-4-2-1-3-5-8/h1-12,21,24H;1-7H,(H,10,11). The molecule has 0 unspecified atom stereocenters. The number of carbonyl (C=O) groups is 1. The number of benzene rings is 1. The van der Waals surface area contributed by atoms with Gasteiger partial charge in [0, 0.05) is 28.1 Å². The Balaban J connectivity index is 0.000000195. The average molecular weight is 459 g/mol. The average Bonchev–Trinajstić information content (AvgIpc) is 3.65. The van der Waals surface area contributed by atoms with Crippen LogP contribution in [0.25, 0.3) is 52.4 Å². The van der Waals surface area contributed by atoms with Crippen LogP contribution in [0.2, 0.25) is 0 Å². The Morgan fingerprint density at radius 1 is 0.629 bits per heavy atom. The zero-order valence-electron chi connectivity index (χ0n) is 18.7. The summed E-state index contributed by atoms with van der Waals surface area (Å²) < 4.78 is 0. The fourth-order valence-corrected chi connectivity index (χ4v) is 3.68. The summed E-state index contributed by atoms with van der Waals surface area (Å²) in [5, 5.41) is 8.29. The normalized spacial score (nSPS) is 11.9. The van der Waals surface area contributed by atoms with Crippen molar-refractivity contribution < 1.29 is 9.90 Å². The molecule has 35 heavy (non-hydrogen) atoms. The number of H-pyrrole nitrogens is 2. The van der Waals surface area contributed by atoms with Crippen molar-refractivity contribution in [2.75, 3.05) is 0 Å². The maximum absolute atomic E-state index is 10.1. The van der Waals surface area contributed by atoms with Gasteiger partial charge in [0.2, 0.25) is 0 Å². The molecule has 8 bridgehead atoms. The van der Waals surface area contributed by atoms with Crippen LogP contribution in [0.5, 0.6) is 0 Å². The molecule has 2 aliphatic rings. The number of fused-ring (bicyclic) bond motifs is 8. The lowest BCUT2D eigenvalue weighted by Crippen LogP contribution is -1.85. The lowest BCUT2D eigenvalue weighted by atomic mass is 10.2. The van der Waals surface area contributed by atoms with E-state index in [9.17, 15) is 4.79 Å². The first-order valence-corrected chi connectivity index (χ1v) is 11.1. The highest BCUT2D eigenvalue weighted by atomic mass is 16.4. The largest absolute Gasteiger partial charge is 0.478 e. The molecule has 0 aliphatic carbocycles. The van der Waals surface area contributed by atoms with Crippen molar-refractivity contribution in [3.05, 3.63) is 113 Å². The maximum Gasteiger partial charge on any atom is 0.328 e. The number of aromatic nitrogens is 4. The molecular formula is C29H22N4O2. The topological polar surface area (TPSA) is 94.7 Å². The van der Waals surface area contributed by atoms with Gasteiger partial charge in [-0.3, -0.25) is 0 Å². The molecule has 4 aromatic rings. The van der Waals surface area contributed by atoms with E-state index in [0.29, 0.717) is 0 Å². The number of hydrogen-bond acceptors (Lipinski definition) is 3. The van der Waals surface area contributed by atoms with E-state index < -0.39 is 5.97 Å². The van der Waals surface area contributed by atoms with Crippen LogP contribution < -0.4 is 0 Å². The zero-order valence-corrected chi connectivity index (χ0v) is 18.7. The van der Waals surface area contributed by atoms with Gasteiger partial charge in [-0.05, 0) is 84.5 Å². The highest BCUT2D eigenvalue weighted by molar-refractivity contribution is 5.85. The minimum Gasteiger partial charge on any atom is -0.478 e. The second-order valence-electron chi connectivity index (χ2n) is 7.99. The predicted molar refractivity (Wildman–Crippen MR) is 142 cm³/mol. The third kappa shape index (κ3) is 5.89. The van der Waals surface area contributed by atoms with E-state index in [1.165, 1.54) is 0 Å². The Morgan fingerprint density at radius 2 is 1.03 bits per heavy atom. The van der Waals surface area contributed by atoms with Gasteiger partial charge in [-0.2, -0.15) is 0 Å². The van der Waals surface area contributed by atoms with Gasteiger partial charge in [0.25, 0.3) is 0 Å². The van der Waals surface area contributed by atoms with Crippen LogP contribution in [-0.4, -0.2) is 31.0 Å². The first kappa shape index (κ1) is 21.9. The monoisotopic (exact) mass is 458 g/mol. The van der Waals surface area contributed by atoms with Gasteiger partial charge in [-0.1, -0.05) is 30.3 Å². The van der Waals surface area contributed by atoms with Crippen LogP contribution in [0.1, 0.15) is 28.3 Å². The lowest BCUT2D eigenvalue weighted by molar-refractivity contribution is -0.131.